The third-order valence-corrected chi connectivity index (χ3v) is 11.2. The van der Waals surface area contributed by atoms with Crippen molar-refractivity contribution in [2.75, 3.05) is 13.2 Å². The zero-order valence-electron chi connectivity index (χ0n) is 38.1. The molecule has 360 valence electrons. The van der Waals surface area contributed by atoms with Crippen molar-refractivity contribution < 1.29 is 63.1 Å². The molecule has 13 nitrogen and oxygen atoms in total. The summed E-state index contributed by atoms with van der Waals surface area (Å²) in [6.07, 6.45) is 36.5. The lowest BCUT2D eigenvalue weighted by molar-refractivity contribution is -0.220. The Labute approximate surface area is 378 Å². The van der Waals surface area contributed by atoms with Gasteiger partial charge in [-0.15, -0.1) is 0 Å². The molecule has 63 heavy (non-hydrogen) atoms. The second-order valence-electron chi connectivity index (χ2n) is 15.9. The zero-order chi connectivity index (χ0) is 46.4. The van der Waals surface area contributed by atoms with Gasteiger partial charge in [-0.25, -0.2) is 4.57 Å². The van der Waals surface area contributed by atoms with Crippen LogP contribution in [-0.2, 0) is 32.7 Å². The van der Waals surface area contributed by atoms with E-state index >= 15 is 0 Å². The Balaban J connectivity index is 2.54. The molecule has 0 heterocycles. The first-order valence-electron chi connectivity index (χ1n) is 23.4. The lowest BCUT2D eigenvalue weighted by atomic mass is 9.85. The topological polar surface area (TPSA) is 210 Å². The predicted molar refractivity (Wildman–Crippen MR) is 248 cm³/mol. The highest BCUT2D eigenvalue weighted by Gasteiger charge is 2.51. The Bertz CT molecular complexity index is 1420. The molecule has 1 saturated carbocycles. The third kappa shape index (κ3) is 30.7. The second-order valence-corrected chi connectivity index (χ2v) is 17.3. The minimum absolute atomic E-state index is 0.0324. The maximum atomic E-state index is 12.8. The van der Waals surface area contributed by atoms with Crippen LogP contribution >= 0.6 is 7.82 Å². The lowest BCUT2D eigenvalue weighted by Crippen LogP contribution is -2.64. The first-order chi connectivity index (χ1) is 30.4. The number of esters is 2. The van der Waals surface area contributed by atoms with Crippen LogP contribution < -0.4 is 0 Å². The van der Waals surface area contributed by atoms with Crippen LogP contribution in [0.4, 0.5) is 0 Å². The van der Waals surface area contributed by atoms with Crippen LogP contribution in [0, 0.1) is 0 Å². The molecule has 0 aromatic carbocycles. The number of phosphoric ester groups is 1. The van der Waals surface area contributed by atoms with Crippen LogP contribution in [0.3, 0.4) is 0 Å². The first kappa shape index (κ1) is 58.0. The van der Waals surface area contributed by atoms with E-state index in [0.717, 1.165) is 51.4 Å². The number of aliphatic hydroxyl groups excluding tert-OH is 5. The number of carbonyl (C=O) groups excluding carboxylic acids is 2. The second kappa shape index (κ2) is 38.3. The van der Waals surface area contributed by atoms with Gasteiger partial charge in [0.25, 0.3) is 0 Å². The summed E-state index contributed by atoms with van der Waals surface area (Å²) >= 11 is 0. The van der Waals surface area contributed by atoms with Crippen molar-refractivity contribution in [3.05, 3.63) is 85.1 Å². The molecule has 6 unspecified atom stereocenters. The molecule has 0 amide bonds. The molecule has 14 heteroatoms. The lowest BCUT2D eigenvalue weighted by Gasteiger charge is -2.41. The zero-order valence-corrected chi connectivity index (χ0v) is 39.0. The van der Waals surface area contributed by atoms with Gasteiger partial charge in [0.15, 0.2) is 6.10 Å². The van der Waals surface area contributed by atoms with Gasteiger partial charge in [-0.2, -0.15) is 0 Å². The van der Waals surface area contributed by atoms with E-state index in [1.54, 1.807) is 0 Å². The van der Waals surface area contributed by atoms with Gasteiger partial charge < -0.3 is 39.9 Å². The average molecular weight is 909 g/mol. The SMILES string of the molecule is CCCCC/C=C/C/C=C/C/C=C/C/C=C/C/C=C/CCC(=O)OC[C@@H](COP(=O)(O)OC1C(O)C(O)C(O)[C@H](O)C1O)OC(=O)CCCC/C=C/C/C=C/CCCCCCCC. The van der Waals surface area contributed by atoms with E-state index in [-0.39, 0.29) is 12.8 Å². The van der Waals surface area contributed by atoms with E-state index in [2.05, 4.69) is 80.7 Å². The highest BCUT2D eigenvalue weighted by Crippen LogP contribution is 2.47. The predicted octanol–water partition coefficient (Wildman–Crippen LogP) is 9.28. The van der Waals surface area contributed by atoms with E-state index < -0.39 is 75.7 Å². The smallest absolute Gasteiger partial charge is 0.462 e. The van der Waals surface area contributed by atoms with Gasteiger partial charge in [0.05, 0.1) is 6.61 Å². The summed E-state index contributed by atoms with van der Waals surface area (Å²) in [7, 11) is -5.15. The van der Waals surface area contributed by atoms with Gasteiger partial charge >= 0.3 is 19.8 Å². The summed E-state index contributed by atoms with van der Waals surface area (Å²) in [5, 5.41) is 50.1. The van der Waals surface area contributed by atoms with Crippen molar-refractivity contribution in [1.82, 2.24) is 0 Å². The number of allylic oxidation sites excluding steroid dienone is 14. The molecule has 0 bridgehead atoms. The summed E-state index contributed by atoms with van der Waals surface area (Å²) in [5.41, 5.74) is 0. The van der Waals surface area contributed by atoms with Gasteiger partial charge in [-0.1, -0.05) is 144 Å². The van der Waals surface area contributed by atoms with Crippen LogP contribution in [-0.4, -0.2) is 98.3 Å². The van der Waals surface area contributed by atoms with Crippen LogP contribution in [0.15, 0.2) is 85.1 Å². The summed E-state index contributed by atoms with van der Waals surface area (Å²) in [6, 6.07) is 0. The standard InChI is InChI=1S/C49H81O13P/c1-3-5-7-9-11-13-15-17-19-20-21-22-24-25-27-29-31-33-35-37-42(50)59-39-41(40-60-63(57,58)62-49-47(55)45(53)44(52)46(54)48(49)56)61-43(51)38-36-34-32-30-28-26-23-18-16-14-12-10-8-6-4-2/h11,13,17-19,21-23,25,27-28,30-31,33,41,44-49,52-56H,3-10,12,14-16,20,24,26,29,32,34-40H2,1-2H3,(H,57,58)/b13-11+,19-17+,22-21+,23-18+,27-25+,30-28+,33-31+/t41-,44?,45-,46?,47?,48?,49?/m0/s1. The van der Waals surface area contributed by atoms with Gasteiger partial charge in [0, 0.05) is 12.8 Å². The van der Waals surface area contributed by atoms with Gasteiger partial charge in [-0.3, -0.25) is 18.6 Å². The Morgan fingerprint density at radius 1 is 0.492 bits per heavy atom. The van der Waals surface area contributed by atoms with Crippen LogP contribution in [0.25, 0.3) is 0 Å². The Morgan fingerprint density at radius 2 is 0.889 bits per heavy atom. The van der Waals surface area contributed by atoms with E-state index in [1.807, 2.05) is 18.2 Å². The molecule has 1 aliphatic carbocycles. The fourth-order valence-corrected chi connectivity index (χ4v) is 7.39. The molecular formula is C49H81O13P. The van der Waals surface area contributed by atoms with Crippen molar-refractivity contribution >= 4 is 19.8 Å². The normalized spacial score (nSPS) is 22.5. The maximum Gasteiger partial charge on any atom is 0.472 e. The minimum atomic E-state index is -5.15. The molecule has 0 spiro atoms. The summed E-state index contributed by atoms with van der Waals surface area (Å²) < 4.78 is 33.4. The third-order valence-electron chi connectivity index (χ3n) is 10.2. The van der Waals surface area contributed by atoms with Crippen molar-refractivity contribution in [3.63, 3.8) is 0 Å². The fraction of sp³-hybridized carbons (Fsp3) is 0.673. The molecule has 0 aliphatic heterocycles. The highest BCUT2D eigenvalue weighted by molar-refractivity contribution is 7.47. The summed E-state index contributed by atoms with van der Waals surface area (Å²) in [4.78, 5) is 35.6. The number of hydrogen-bond acceptors (Lipinski definition) is 12. The quantitative estimate of drug-likeness (QED) is 0.0149. The highest BCUT2D eigenvalue weighted by atomic mass is 31.2. The summed E-state index contributed by atoms with van der Waals surface area (Å²) in [5.74, 6) is -1.24. The number of hydrogen-bond donors (Lipinski definition) is 6. The van der Waals surface area contributed by atoms with Crippen molar-refractivity contribution in [2.45, 2.75) is 198 Å². The number of ether oxygens (including phenoxy) is 2. The Kier molecular flexibility index (Phi) is 35.3. The van der Waals surface area contributed by atoms with E-state index in [0.29, 0.717) is 19.3 Å². The largest absolute Gasteiger partial charge is 0.472 e. The number of rotatable bonds is 37. The molecular weight excluding hydrogens is 827 g/mol. The van der Waals surface area contributed by atoms with Crippen LogP contribution in [0.5, 0.6) is 0 Å². The van der Waals surface area contributed by atoms with Gasteiger partial charge in [0.1, 0.15) is 43.2 Å². The molecule has 1 rings (SSSR count). The number of phosphoric acid groups is 1. The number of carbonyl (C=O) groups is 2. The van der Waals surface area contributed by atoms with Crippen molar-refractivity contribution in [3.8, 4) is 0 Å². The fourth-order valence-electron chi connectivity index (χ4n) is 6.42. The summed E-state index contributed by atoms with van der Waals surface area (Å²) in [6.45, 7) is 3.16. The van der Waals surface area contributed by atoms with Gasteiger partial charge in [0.2, 0.25) is 0 Å². The van der Waals surface area contributed by atoms with Crippen molar-refractivity contribution in [2.24, 2.45) is 0 Å². The van der Waals surface area contributed by atoms with Gasteiger partial charge in [-0.05, 0) is 83.5 Å². The monoisotopic (exact) mass is 909 g/mol. The van der Waals surface area contributed by atoms with Crippen molar-refractivity contribution in [1.29, 1.82) is 0 Å². The Morgan fingerprint density at radius 3 is 1.40 bits per heavy atom. The molecule has 0 radical (unpaired) electrons. The molecule has 0 aromatic rings. The molecule has 0 aromatic heterocycles. The van der Waals surface area contributed by atoms with Crippen LogP contribution in [0.1, 0.15) is 155 Å². The molecule has 1 fully saturated rings. The average Bonchev–Trinajstić information content (AvgIpc) is 3.26. The number of aliphatic hydroxyl groups is 5. The maximum absolute atomic E-state index is 12.8. The van der Waals surface area contributed by atoms with E-state index in [1.165, 1.54) is 57.8 Å². The number of unbranched alkanes of at least 4 members (excludes halogenated alkanes) is 11. The molecule has 6 N–H and O–H groups in total. The Hall–Kier alpha value is -2.97. The molecule has 1 aliphatic rings. The van der Waals surface area contributed by atoms with E-state index in [4.69, 9.17) is 18.5 Å². The molecule has 0 saturated heterocycles. The minimum Gasteiger partial charge on any atom is -0.462 e. The molecule has 8 atom stereocenters. The first-order valence-corrected chi connectivity index (χ1v) is 24.9. The van der Waals surface area contributed by atoms with E-state index in [9.17, 15) is 44.6 Å². The van der Waals surface area contributed by atoms with Crippen LogP contribution in [0.2, 0.25) is 0 Å².